The van der Waals surface area contributed by atoms with Crippen LogP contribution in [0.15, 0.2) is 24.5 Å². The van der Waals surface area contributed by atoms with Gasteiger partial charge in [-0.1, -0.05) is 0 Å². The van der Waals surface area contributed by atoms with E-state index < -0.39 is 0 Å². The molecular formula is C11H16N2O. The molecule has 76 valence electrons. The van der Waals surface area contributed by atoms with Crippen molar-refractivity contribution in [2.75, 3.05) is 5.32 Å². The summed E-state index contributed by atoms with van der Waals surface area (Å²) in [4.78, 5) is 4.05. The van der Waals surface area contributed by atoms with Gasteiger partial charge in [0.15, 0.2) is 0 Å². The maximum absolute atomic E-state index is 9.35. The van der Waals surface area contributed by atoms with Crippen molar-refractivity contribution in [2.24, 2.45) is 0 Å². The highest BCUT2D eigenvalue weighted by Gasteiger charge is 2.18. The maximum Gasteiger partial charge on any atom is 0.0541 e. The van der Waals surface area contributed by atoms with Crippen LogP contribution in [-0.2, 0) is 0 Å². The SMILES string of the molecule is OC1CCC(Nc2cccnc2)CC1. The molecule has 2 rings (SSSR count). The Bertz CT molecular complexity index is 268. The number of rotatable bonds is 2. The zero-order valence-electron chi connectivity index (χ0n) is 8.19. The molecule has 0 aliphatic heterocycles. The molecule has 1 aromatic rings. The first-order chi connectivity index (χ1) is 6.84. The Labute approximate surface area is 84.2 Å². The van der Waals surface area contributed by atoms with E-state index in [4.69, 9.17) is 0 Å². The summed E-state index contributed by atoms with van der Waals surface area (Å²) in [5.41, 5.74) is 1.08. The highest BCUT2D eigenvalue weighted by molar-refractivity contribution is 5.40. The fourth-order valence-electron chi connectivity index (χ4n) is 1.90. The molecule has 1 aromatic heterocycles. The molecule has 1 aliphatic carbocycles. The summed E-state index contributed by atoms with van der Waals surface area (Å²) in [6.45, 7) is 0. The predicted molar refractivity (Wildman–Crippen MR) is 56.1 cm³/mol. The Morgan fingerprint density at radius 2 is 2.07 bits per heavy atom. The molecule has 14 heavy (non-hydrogen) atoms. The third-order valence-electron chi connectivity index (χ3n) is 2.73. The van der Waals surface area contributed by atoms with Crippen LogP contribution in [0.4, 0.5) is 5.69 Å². The lowest BCUT2D eigenvalue weighted by molar-refractivity contribution is 0.126. The highest BCUT2D eigenvalue weighted by Crippen LogP contribution is 2.21. The van der Waals surface area contributed by atoms with Gasteiger partial charge in [0.25, 0.3) is 0 Å². The van der Waals surface area contributed by atoms with Crippen LogP contribution >= 0.6 is 0 Å². The van der Waals surface area contributed by atoms with Gasteiger partial charge in [-0.3, -0.25) is 4.98 Å². The van der Waals surface area contributed by atoms with Crippen molar-refractivity contribution in [3.05, 3.63) is 24.5 Å². The Morgan fingerprint density at radius 3 is 2.71 bits per heavy atom. The topological polar surface area (TPSA) is 45.1 Å². The number of hydrogen-bond acceptors (Lipinski definition) is 3. The van der Waals surface area contributed by atoms with Gasteiger partial charge in [0.1, 0.15) is 0 Å². The summed E-state index contributed by atoms with van der Waals surface area (Å²) in [6, 6.07) is 4.46. The monoisotopic (exact) mass is 192 g/mol. The third kappa shape index (κ3) is 2.45. The molecule has 0 radical (unpaired) electrons. The van der Waals surface area contributed by atoms with Gasteiger partial charge in [0, 0.05) is 18.4 Å². The van der Waals surface area contributed by atoms with E-state index in [-0.39, 0.29) is 6.10 Å². The van der Waals surface area contributed by atoms with Gasteiger partial charge in [0.05, 0.1) is 11.8 Å². The molecule has 0 atom stereocenters. The Morgan fingerprint density at radius 1 is 1.29 bits per heavy atom. The van der Waals surface area contributed by atoms with Crippen LogP contribution in [0, 0.1) is 0 Å². The minimum Gasteiger partial charge on any atom is -0.393 e. The molecule has 1 aliphatic rings. The van der Waals surface area contributed by atoms with Crippen LogP contribution in [-0.4, -0.2) is 22.2 Å². The van der Waals surface area contributed by atoms with Gasteiger partial charge in [-0.05, 0) is 37.8 Å². The normalized spacial score (nSPS) is 27.2. The number of anilines is 1. The van der Waals surface area contributed by atoms with Crippen molar-refractivity contribution in [3.63, 3.8) is 0 Å². The van der Waals surface area contributed by atoms with E-state index >= 15 is 0 Å². The van der Waals surface area contributed by atoms with Crippen molar-refractivity contribution in [3.8, 4) is 0 Å². The van der Waals surface area contributed by atoms with Crippen LogP contribution < -0.4 is 5.32 Å². The summed E-state index contributed by atoms with van der Waals surface area (Å²) >= 11 is 0. The van der Waals surface area contributed by atoms with Crippen LogP contribution in [0.5, 0.6) is 0 Å². The molecule has 3 heteroatoms. The van der Waals surface area contributed by atoms with Gasteiger partial charge in [-0.25, -0.2) is 0 Å². The lowest BCUT2D eigenvalue weighted by Crippen LogP contribution is -2.28. The number of nitrogens with one attached hydrogen (secondary N) is 1. The van der Waals surface area contributed by atoms with Crippen molar-refractivity contribution >= 4 is 5.69 Å². The minimum absolute atomic E-state index is 0.0815. The zero-order valence-corrected chi connectivity index (χ0v) is 8.19. The van der Waals surface area contributed by atoms with Crippen molar-refractivity contribution in [2.45, 2.75) is 37.8 Å². The number of aliphatic hydroxyl groups excluding tert-OH is 1. The lowest BCUT2D eigenvalue weighted by atomic mass is 9.93. The fourth-order valence-corrected chi connectivity index (χ4v) is 1.90. The molecule has 3 nitrogen and oxygen atoms in total. The number of hydrogen-bond donors (Lipinski definition) is 2. The second-order valence-electron chi connectivity index (χ2n) is 3.89. The molecular weight excluding hydrogens is 176 g/mol. The van der Waals surface area contributed by atoms with Gasteiger partial charge in [0.2, 0.25) is 0 Å². The van der Waals surface area contributed by atoms with Gasteiger partial charge < -0.3 is 10.4 Å². The first-order valence-electron chi connectivity index (χ1n) is 5.19. The van der Waals surface area contributed by atoms with E-state index in [0.717, 1.165) is 31.4 Å². The molecule has 2 N–H and O–H groups in total. The second-order valence-corrected chi connectivity index (χ2v) is 3.89. The van der Waals surface area contributed by atoms with E-state index in [1.54, 1.807) is 6.20 Å². The number of nitrogens with zero attached hydrogens (tertiary/aromatic N) is 1. The van der Waals surface area contributed by atoms with Crippen molar-refractivity contribution < 1.29 is 5.11 Å². The standard InChI is InChI=1S/C11H16N2O/c14-11-5-3-9(4-6-11)13-10-2-1-7-12-8-10/h1-2,7-9,11,13-14H,3-6H2. The molecule has 0 aromatic carbocycles. The fraction of sp³-hybridized carbons (Fsp3) is 0.545. The van der Waals surface area contributed by atoms with E-state index in [2.05, 4.69) is 10.3 Å². The first kappa shape index (κ1) is 9.46. The van der Waals surface area contributed by atoms with E-state index in [9.17, 15) is 5.11 Å². The number of aliphatic hydroxyl groups is 1. The third-order valence-corrected chi connectivity index (χ3v) is 2.73. The summed E-state index contributed by atoms with van der Waals surface area (Å²) in [7, 11) is 0. The van der Waals surface area contributed by atoms with E-state index in [0.29, 0.717) is 6.04 Å². The summed E-state index contributed by atoms with van der Waals surface area (Å²) in [6.07, 6.45) is 7.46. The predicted octanol–water partition coefficient (Wildman–Crippen LogP) is 1.80. The lowest BCUT2D eigenvalue weighted by Gasteiger charge is -2.26. The smallest absolute Gasteiger partial charge is 0.0541 e. The van der Waals surface area contributed by atoms with Gasteiger partial charge >= 0.3 is 0 Å². The Hall–Kier alpha value is -1.09. The quantitative estimate of drug-likeness (QED) is 0.751. The molecule has 0 spiro atoms. The van der Waals surface area contributed by atoms with Crippen molar-refractivity contribution in [1.82, 2.24) is 4.98 Å². The number of pyridine rings is 1. The van der Waals surface area contributed by atoms with Gasteiger partial charge in [-0.2, -0.15) is 0 Å². The van der Waals surface area contributed by atoms with E-state index in [1.165, 1.54) is 0 Å². The molecule has 1 saturated carbocycles. The van der Waals surface area contributed by atoms with Crippen LogP contribution in [0.25, 0.3) is 0 Å². The molecule has 1 fully saturated rings. The largest absolute Gasteiger partial charge is 0.393 e. The zero-order chi connectivity index (χ0) is 9.80. The second kappa shape index (κ2) is 4.42. The summed E-state index contributed by atoms with van der Waals surface area (Å²) in [5.74, 6) is 0. The summed E-state index contributed by atoms with van der Waals surface area (Å²) < 4.78 is 0. The molecule has 0 amide bonds. The van der Waals surface area contributed by atoms with E-state index in [1.807, 2.05) is 18.3 Å². The average molecular weight is 192 g/mol. The number of aromatic nitrogens is 1. The molecule has 0 unspecified atom stereocenters. The maximum atomic E-state index is 9.35. The Balaban J connectivity index is 1.87. The molecule has 0 saturated heterocycles. The first-order valence-corrected chi connectivity index (χ1v) is 5.19. The minimum atomic E-state index is -0.0815. The molecule has 1 heterocycles. The molecule has 0 bridgehead atoms. The average Bonchev–Trinajstić information content (AvgIpc) is 2.23. The van der Waals surface area contributed by atoms with Crippen LogP contribution in [0.2, 0.25) is 0 Å². The van der Waals surface area contributed by atoms with Crippen LogP contribution in [0.1, 0.15) is 25.7 Å². The summed E-state index contributed by atoms with van der Waals surface area (Å²) in [5, 5.41) is 12.8. The van der Waals surface area contributed by atoms with Crippen LogP contribution in [0.3, 0.4) is 0 Å². The Kier molecular flexibility index (Phi) is 2.99. The van der Waals surface area contributed by atoms with Crippen molar-refractivity contribution in [1.29, 1.82) is 0 Å². The highest BCUT2D eigenvalue weighted by atomic mass is 16.3. The van der Waals surface area contributed by atoms with Gasteiger partial charge in [-0.15, -0.1) is 0 Å².